The number of nitrogens with zero attached hydrogens (tertiary/aromatic N) is 1. The van der Waals surface area contributed by atoms with Gasteiger partial charge in [-0.05, 0) is 34.2 Å². The van der Waals surface area contributed by atoms with Crippen molar-refractivity contribution in [3.8, 4) is 0 Å². The van der Waals surface area contributed by atoms with Crippen molar-refractivity contribution in [3.05, 3.63) is 101 Å². The Labute approximate surface area is 193 Å². The fourth-order valence-electron chi connectivity index (χ4n) is 4.51. The summed E-state index contributed by atoms with van der Waals surface area (Å²) in [5.41, 5.74) is 4.48. The molecule has 0 aliphatic heterocycles. The third-order valence-electron chi connectivity index (χ3n) is 5.98. The lowest BCUT2D eigenvalue weighted by Gasteiger charge is -2.18. The summed E-state index contributed by atoms with van der Waals surface area (Å²) >= 11 is 0. The van der Waals surface area contributed by atoms with E-state index in [1.807, 2.05) is 48.5 Å². The first-order chi connectivity index (χ1) is 16.1. The molecule has 3 aromatic rings. The number of hydrogen-bond donors (Lipinski definition) is 1. The smallest absolute Gasteiger partial charge is 0.260 e. The number of rotatable bonds is 3. The molecule has 3 aromatic carbocycles. The molecule has 0 saturated heterocycles. The van der Waals surface area contributed by atoms with Gasteiger partial charge in [-0.2, -0.15) is 0 Å². The highest BCUT2D eigenvalue weighted by Crippen LogP contribution is 2.42. The van der Waals surface area contributed by atoms with Crippen LogP contribution in [0.25, 0.3) is 21.9 Å². The Hall–Kier alpha value is -4.12. The number of ether oxygens (including phenoxy) is 1. The number of fused-ring (bicyclic) bond motifs is 2. The zero-order valence-electron chi connectivity index (χ0n) is 17.8. The first-order valence-corrected chi connectivity index (χ1v) is 10.3. The molecular weight excluding hydrogens is 410 g/mol. The van der Waals surface area contributed by atoms with E-state index in [0.29, 0.717) is 22.5 Å². The van der Waals surface area contributed by atoms with Gasteiger partial charge in [0, 0.05) is 22.3 Å². The Morgan fingerprint density at radius 1 is 0.788 bits per heavy atom. The molecule has 0 saturated carbocycles. The number of Topliss-reactive ketones (excluding diaryl/α,β-unsaturated/α-hetero) is 2. The predicted molar refractivity (Wildman–Crippen MR) is 132 cm³/mol. The zero-order valence-corrected chi connectivity index (χ0v) is 17.8. The summed E-state index contributed by atoms with van der Waals surface area (Å²) < 4.78 is 5.71. The van der Waals surface area contributed by atoms with Crippen LogP contribution >= 0.6 is 0 Å². The standard InChI is InChI=1S/C26H16B2N2O3/c1-33-26-22(18-10-12-20(29-27)16-8-4-2-6-14(16)18)24(31)25(32)23(26)19-11-13-21(30-28)17-9-5-3-7-15(17)19/h2-13,29H,1H3/b23-19+,30-21-. The number of benzene rings is 3. The van der Waals surface area contributed by atoms with Crippen LogP contribution in [0.4, 0.5) is 5.69 Å². The molecule has 0 unspecified atom stereocenters. The van der Waals surface area contributed by atoms with Gasteiger partial charge in [0.2, 0.25) is 19.5 Å². The molecule has 2 aliphatic rings. The van der Waals surface area contributed by atoms with Gasteiger partial charge >= 0.3 is 0 Å². The van der Waals surface area contributed by atoms with Gasteiger partial charge in [0.15, 0.2) is 0 Å². The molecule has 0 heterocycles. The Kier molecular flexibility index (Phi) is 5.09. The van der Waals surface area contributed by atoms with Crippen LogP contribution in [0.15, 0.2) is 89.1 Å². The third-order valence-corrected chi connectivity index (χ3v) is 5.98. The molecule has 154 valence electrons. The average molecular weight is 426 g/mol. The van der Waals surface area contributed by atoms with Crippen LogP contribution in [0.3, 0.4) is 0 Å². The summed E-state index contributed by atoms with van der Waals surface area (Å²) in [6, 6.07) is 18.5. The Balaban J connectivity index is 1.83. The number of carbonyl (C=O) groups excluding carboxylic acids is 2. The first kappa shape index (κ1) is 20.8. The summed E-state index contributed by atoms with van der Waals surface area (Å²) in [5, 5.41) is 4.28. The highest BCUT2D eigenvalue weighted by molar-refractivity contribution is 6.64. The minimum Gasteiger partial charge on any atom is -0.495 e. The highest BCUT2D eigenvalue weighted by Gasteiger charge is 2.41. The quantitative estimate of drug-likeness (QED) is 0.394. The SMILES string of the molecule is [B]/N=C1C=C/C(=C2/C(=O)C(=O)C(c3ccc(N[B])c4ccccc34)=C2OC)c2ccccc2/1. The summed E-state index contributed by atoms with van der Waals surface area (Å²) in [7, 11) is 12.7. The number of anilines is 1. The van der Waals surface area contributed by atoms with E-state index in [-0.39, 0.29) is 16.9 Å². The van der Waals surface area contributed by atoms with Gasteiger partial charge in [0.25, 0.3) is 7.98 Å². The molecule has 0 bridgehead atoms. The lowest BCUT2D eigenvalue weighted by Crippen LogP contribution is -2.14. The summed E-state index contributed by atoms with van der Waals surface area (Å²) in [6.45, 7) is 0. The van der Waals surface area contributed by atoms with E-state index in [4.69, 9.17) is 20.7 Å². The van der Waals surface area contributed by atoms with E-state index in [1.165, 1.54) is 7.11 Å². The van der Waals surface area contributed by atoms with Crippen molar-refractivity contribution in [1.82, 2.24) is 0 Å². The largest absolute Gasteiger partial charge is 0.495 e. The number of methoxy groups -OCH3 is 1. The fourth-order valence-corrected chi connectivity index (χ4v) is 4.51. The number of ketones is 2. The molecule has 5 rings (SSSR count). The maximum absolute atomic E-state index is 13.3. The second kappa shape index (κ2) is 8.10. The van der Waals surface area contributed by atoms with Crippen LogP contribution in [0.1, 0.15) is 16.7 Å². The van der Waals surface area contributed by atoms with Gasteiger partial charge in [-0.3, -0.25) is 9.59 Å². The lowest BCUT2D eigenvalue weighted by atomic mass is 9.87. The van der Waals surface area contributed by atoms with Gasteiger partial charge in [0.1, 0.15) is 5.76 Å². The second-order valence-corrected chi connectivity index (χ2v) is 7.60. The van der Waals surface area contributed by atoms with Crippen molar-refractivity contribution in [2.24, 2.45) is 4.90 Å². The fraction of sp³-hybridized carbons (Fsp3) is 0.0385. The molecule has 0 aromatic heterocycles. The number of nitrogens with one attached hydrogen (secondary N) is 1. The van der Waals surface area contributed by atoms with E-state index < -0.39 is 11.6 Å². The van der Waals surface area contributed by atoms with Crippen molar-refractivity contribution >= 4 is 60.8 Å². The van der Waals surface area contributed by atoms with Crippen LogP contribution in [0, 0.1) is 0 Å². The van der Waals surface area contributed by atoms with Crippen molar-refractivity contribution in [2.75, 3.05) is 12.3 Å². The van der Waals surface area contributed by atoms with Gasteiger partial charge in [0.05, 0.1) is 18.3 Å². The maximum Gasteiger partial charge on any atom is 0.260 e. The van der Waals surface area contributed by atoms with Crippen LogP contribution in [-0.4, -0.2) is 40.4 Å². The van der Waals surface area contributed by atoms with E-state index >= 15 is 0 Å². The number of allylic oxidation sites excluding steroid dienone is 5. The molecule has 0 atom stereocenters. The Morgan fingerprint density at radius 3 is 2.15 bits per heavy atom. The van der Waals surface area contributed by atoms with Crippen LogP contribution < -0.4 is 5.23 Å². The number of carbonyl (C=O) groups is 2. The topological polar surface area (TPSA) is 67.8 Å². The van der Waals surface area contributed by atoms with E-state index in [0.717, 1.165) is 21.9 Å². The monoisotopic (exact) mass is 426 g/mol. The molecule has 5 nitrogen and oxygen atoms in total. The van der Waals surface area contributed by atoms with Crippen LogP contribution in [0.2, 0.25) is 0 Å². The molecule has 2 aliphatic carbocycles. The zero-order chi connectivity index (χ0) is 23.1. The van der Waals surface area contributed by atoms with E-state index in [2.05, 4.69) is 10.1 Å². The molecule has 0 spiro atoms. The van der Waals surface area contributed by atoms with E-state index in [1.54, 1.807) is 24.3 Å². The van der Waals surface area contributed by atoms with E-state index in [9.17, 15) is 9.59 Å². The molecule has 1 N–H and O–H groups in total. The number of hydrogen-bond acceptors (Lipinski definition) is 5. The molecule has 0 amide bonds. The lowest BCUT2D eigenvalue weighted by molar-refractivity contribution is -0.130. The summed E-state index contributed by atoms with van der Waals surface area (Å²) in [5.74, 6) is -0.988. The molecular formula is C26H16B2N2O3. The minimum absolute atomic E-state index is 0.224. The normalized spacial score (nSPS) is 18.9. The van der Waals surface area contributed by atoms with Crippen molar-refractivity contribution < 1.29 is 14.3 Å². The van der Waals surface area contributed by atoms with Crippen molar-refractivity contribution in [3.63, 3.8) is 0 Å². The summed E-state index contributed by atoms with van der Waals surface area (Å²) in [4.78, 5) is 30.5. The Bertz CT molecular complexity index is 1480. The minimum atomic E-state index is -0.616. The van der Waals surface area contributed by atoms with Gasteiger partial charge < -0.3 is 14.9 Å². The molecule has 7 heteroatoms. The summed E-state index contributed by atoms with van der Waals surface area (Å²) in [6.07, 6.45) is 3.47. The third kappa shape index (κ3) is 3.08. The second-order valence-electron chi connectivity index (χ2n) is 7.60. The van der Waals surface area contributed by atoms with Crippen LogP contribution in [0.5, 0.6) is 0 Å². The molecule has 4 radical (unpaired) electrons. The Morgan fingerprint density at radius 2 is 1.45 bits per heavy atom. The average Bonchev–Trinajstić information content (AvgIpc) is 3.12. The van der Waals surface area contributed by atoms with Crippen molar-refractivity contribution in [1.29, 1.82) is 0 Å². The van der Waals surface area contributed by atoms with Gasteiger partial charge in [-0.15, -0.1) is 0 Å². The first-order valence-electron chi connectivity index (χ1n) is 10.3. The molecule has 0 fully saturated rings. The van der Waals surface area contributed by atoms with Gasteiger partial charge in [-0.1, -0.05) is 60.7 Å². The van der Waals surface area contributed by atoms with Gasteiger partial charge in [-0.25, -0.2) is 0 Å². The predicted octanol–water partition coefficient (Wildman–Crippen LogP) is 3.74. The van der Waals surface area contributed by atoms with Crippen molar-refractivity contribution in [2.45, 2.75) is 0 Å². The highest BCUT2D eigenvalue weighted by atomic mass is 16.5. The molecule has 33 heavy (non-hydrogen) atoms. The van der Waals surface area contributed by atoms with Crippen LogP contribution in [-0.2, 0) is 14.3 Å². The maximum atomic E-state index is 13.3.